The van der Waals surface area contributed by atoms with Crippen LogP contribution in [0.25, 0.3) is 0 Å². The molecule has 1 aromatic rings. The van der Waals surface area contributed by atoms with Crippen molar-refractivity contribution in [1.29, 1.82) is 0 Å². The lowest BCUT2D eigenvalue weighted by Crippen LogP contribution is -2.24. The average Bonchev–Trinajstić information content (AvgIpc) is 2.22. The zero-order valence-corrected chi connectivity index (χ0v) is 11.5. The summed E-state index contributed by atoms with van der Waals surface area (Å²) in [7, 11) is 0. The van der Waals surface area contributed by atoms with Crippen LogP contribution in [-0.4, -0.2) is 11.8 Å². The summed E-state index contributed by atoms with van der Waals surface area (Å²) >= 11 is 3.18. The normalized spacial score (nSPS) is 12.5. The molecule has 17 heavy (non-hydrogen) atoms. The minimum atomic E-state index is -0.350. The second kappa shape index (κ2) is 6.87. The highest BCUT2D eigenvalue weighted by atomic mass is 79.9. The molecule has 0 amide bonds. The van der Waals surface area contributed by atoms with Gasteiger partial charge in [0.15, 0.2) is 0 Å². The fourth-order valence-electron chi connectivity index (χ4n) is 1.71. The van der Waals surface area contributed by atoms with Gasteiger partial charge < -0.3 is 5.73 Å². The predicted octanol–water partition coefficient (Wildman–Crippen LogP) is 3.22. The largest absolute Gasteiger partial charge is 0.327 e. The molecule has 0 aliphatic heterocycles. The Morgan fingerprint density at radius 3 is 2.82 bits per heavy atom. The van der Waals surface area contributed by atoms with Crippen LogP contribution in [0.1, 0.15) is 31.7 Å². The van der Waals surface area contributed by atoms with Crippen LogP contribution in [0.4, 0.5) is 4.39 Å². The number of carbonyl (C=O) groups excluding carboxylic acids is 1. The summed E-state index contributed by atoms with van der Waals surface area (Å²) in [6, 6.07) is 4.63. The van der Waals surface area contributed by atoms with Crippen LogP contribution in [0, 0.1) is 5.82 Å². The first kappa shape index (κ1) is 14.3. The molecule has 2 nitrogen and oxygen atoms in total. The van der Waals surface area contributed by atoms with E-state index in [-0.39, 0.29) is 24.1 Å². The van der Waals surface area contributed by atoms with Gasteiger partial charge in [0.05, 0.1) is 0 Å². The average molecular weight is 302 g/mol. The van der Waals surface area contributed by atoms with Crippen LogP contribution in [0.2, 0.25) is 0 Å². The number of hydrogen-bond donors (Lipinski definition) is 1. The number of rotatable bonds is 6. The maximum atomic E-state index is 13.5. The van der Waals surface area contributed by atoms with Crippen molar-refractivity contribution in [3.8, 4) is 0 Å². The number of carbonyl (C=O) groups is 1. The lowest BCUT2D eigenvalue weighted by atomic mass is 10.0. The lowest BCUT2D eigenvalue weighted by Gasteiger charge is -2.09. The summed E-state index contributed by atoms with van der Waals surface area (Å²) in [5.41, 5.74) is 6.21. The van der Waals surface area contributed by atoms with Crippen molar-refractivity contribution in [1.82, 2.24) is 0 Å². The van der Waals surface area contributed by atoms with Gasteiger partial charge in [-0.2, -0.15) is 0 Å². The third-order valence-corrected chi connectivity index (χ3v) is 3.05. The van der Waals surface area contributed by atoms with Crippen LogP contribution >= 0.6 is 15.9 Å². The van der Waals surface area contributed by atoms with E-state index in [2.05, 4.69) is 15.9 Å². The fourth-order valence-corrected chi connectivity index (χ4v) is 2.05. The first-order valence-corrected chi connectivity index (χ1v) is 6.53. The van der Waals surface area contributed by atoms with Gasteiger partial charge >= 0.3 is 0 Å². The SMILES string of the molecule is CCCC(N)CC(=O)Cc1ccc(Br)cc1F. The van der Waals surface area contributed by atoms with Crippen LogP contribution < -0.4 is 5.73 Å². The van der Waals surface area contributed by atoms with Crippen molar-refractivity contribution >= 4 is 21.7 Å². The van der Waals surface area contributed by atoms with E-state index in [1.54, 1.807) is 12.1 Å². The van der Waals surface area contributed by atoms with E-state index in [4.69, 9.17) is 5.73 Å². The number of halogens is 2. The molecule has 0 spiro atoms. The number of hydrogen-bond acceptors (Lipinski definition) is 2. The maximum absolute atomic E-state index is 13.5. The molecule has 0 aliphatic rings. The Bertz CT molecular complexity index is 395. The van der Waals surface area contributed by atoms with Gasteiger partial charge in [-0.05, 0) is 24.1 Å². The van der Waals surface area contributed by atoms with Crippen molar-refractivity contribution in [2.45, 2.75) is 38.6 Å². The summed E-state index contributed by atoms with van der Waals surface area (Å²) in [6.07, 6.45) is 2.23. The maximum Gasteiger partial charge on any atom is 0.138 e. The fraction of sp³-hybridized carbons (Fsp3) is 0.462. The molecule has 0 saturated carbocycles. The highest BCUT2D eigenvalue weighted by Gasteiger charge is 2.12. The second-order valence-electron chi connectivity index (χ2n) is 4.20. The van der Waals surface area contributed by atoms with E-state index in [0.717, 1.165) is 12.8 Å². The standard InChI is InChI=1S/C13H17BrFNO/c1-2-3-11(16)8-12(17)6-9-4-5-10(14)7-13(9)15/h4-5,7,11H,2-3,6,8,16H2,1H3. The zero-order chi connectivity index (χ0) is 12.8. The Morgan fingerprint density at radius 1 is 1.53 bits per heavy atom. The van der Waals surface area contributed by atoms with Crippen LogP contribution in [0.5, 0.6) is 0 Å². The van der Waals surface area contributed by atoms with E-state index in [0.29, 0.717) is 16.5 Å². The van der Waals surface area contributed by atoms with Gasteiger partial charge in [-0.3, -0.25) is 4.79 Å². The van der Waals surface area contributed by atoms with Gasteiger partial charge in [-0.25, -0.2) is 4.39 Å². The number of benzene rings is 1. The van der Waals surface area contributed by atoms with E-state index in [1.165, 1.54) is 6.07 Å². The van der Waals surface area contributed by atoms with Crippen molar-refractivity contribution in [2.24, 2.45) is 5.73 Å². The van der Waals surface area contributed by atoms with Gasteiger partial charge in [0.2, 0.25) is 0 Å². The van der Waals surface area contributed by atoms with Crippen LogP contribution in [0.3, 0.4) is 0 Å². The van der Waals surface area contributed by atoms with E-state index in [9.17, 15) is 9.18 Å². The molecule has 0 radical (unpaired) electrons. The topological polar surface area (TPSA) is 43.1 Å². The molecule has 0 saturated heterocycles. The van der Waals surface area contributed by atoms with Gasteiger partial charge in [0.1, 0.15) is 11.6 Å². The second-order valence-corrected chi connectivity index (χ2v) is 5.12. The Morgan fingerprint density at radius 2 is 2.24 bits per heavy atom. The summed E-state index contributed by atoms with van der Waals surface area (Å²) in [4.78, 5) is 11.7. The molecular formula is C13H17BrFNO. The molecule has 1 atom stereocenters. The van der Waals surface area contributed by atoms with Crippen molar-refractivity contribution in [2.75, 3.05) is 0 Å². The molecule has 1 rings (SSSR count). The molecule has 2 N–H and O–H groups in total. The Balaban J connectivity index is 2.56. The van der Waals surface area contributed by atoms with Gasteiger partial charge in [-0.15, -0.1) is 0 Å². The van der Waals surface area contributed by atoms with Crippen LogP contribution in [0.15, 0.2) is 22.7 Å². The van der Waals surface area contributed by atoms with Gasteiger partial charge in [0, 0.05) is 23.4 Å². The summed E-state index contributed by atoms with van der Waals surface area (Å²) in [6.45, 7) is 2.03. The van der Waals surface area contributed by atoms with Gasteiger partial charge in [-0.1, -0.05) is 35.3 Å². The predicted molar refractivity (Wildman–Crippen MR) is 70.3 cm³/mol. The Labute approximate surface area is 110 Å². The van der Waals surface area contributed by atoms with Crippen molar-refractivity contribution < 1.29 is 9.18 Å². The quantitative estimate of drug-likeness (QED) is 0.877. The summed E-state index contributed by atoms with van der Waals surface area (Å²) < 4.78 is 14.2. The smallest absolute Gasteiger partial charge is 0.138 e. The summed E-state index contributed by atoms with van der Waals surface area (Å²) in [5.74, 6) is -0.357. The minimum absolute atomic E-state index is 0.00725. The molecule has 1 aromatic carbocycles. The molecule has 0 fully saturated rings. The Kier molecular flexibility index (Phi) is 5.78. The zero-order valence-electron chi connectivity index (χ0n) is 9.88. The highest BCUT2D eigenvalue weighted by Crippen LogP contribution is 2.16. The Hall–Kier alpha value is -0.740. The molecular weight excluding hydrogens is 285 g/mol. The number of nitrogens with two attached hydrogens (primary N) is 1. The van der Waals surface area contributed by atoms with Gasteiger partial charge in [0.25, 0.3) is 0 Å². The van der Waals surface area contributed by atoms with Crippen molar-refractivity contribution in [3.05, 3.63) is 34.1 Å². The first-order valence-electron chi connectivity index (χ1n) is 5.74. The highest BCUT2D eigenvalue weighted by molar-refractivity contribution is 9.10. The molecule has 0 bridgehead atoms. The molecule has 94 valence electrons. The molecule has 0 heterocycles. The third kappa shape index (κ3) is 4.96. The number of Topliss-reactive ketones (excluding diaryl/α,β-unsaturated/α-hetero) is 1. The lowest BCUT2D eigenvalue weighted by molar-refractivity contribution is -0.118. The summed E-state index contributed by atoms with van der Waals surface area (Å²) in [5, 5.41) is 0. The molecule has 0 aliphatic carbocycles. The monoisotopic (exact) mass is 301 g/mol. The van der Waals surface area contributed by atoms with E-state index in [1.807, 2.05) is 6.92 Å². The third-order valence-electron chi connectivity index (χ3n) is 2.55. The molecule has 0 aromatic heterocycles. The van der Waals surface area contributed by atoms with E-state index >= 15 is 0 Å². The van der Waals surface area contributed by atoms with Crippen LogP contribution in [-0.2, 0) is 11.2 Å². The minimum Gasteiger partial charge on any atom is -0.327 e. The first-order chi connectivity index (χ1) is 8.02. The van der Waals surface area contributed by atoms with Crippen molar-refractivity contribution in [3.63, 3.8) is 0 Å². The number of ketones is 1. The molecule has 4 heteroatoms. The molecule has 1 unspecified atom stereocenters. The van der Waals surface area contributed by atoms with E-state index < -0.39 is 0 Å².